The lowest BCUT2D eigenvalue weighted by Gasteiger charge is -2.35. The largest absolute Gasteiger partial charge is 0.285 e. The predicted octanol–water partition coefficient (Wildman–Crippen LogP) is 3.01. The molecule has 0 unspecified atom stereocenters. The predicted molar refractivity (Wildman–Crippen MR) is 95.5 cm³/mol. The SMILES string of the molecule is CCN1C(=O)C(=CC(C)=Cc2ccccc2)C(=O)N(CC)C1=S. The molecule has 1 aromatic carbocycles. The van der Waals surface area contributed by atoms with Crippen LogP contribution in [0.25, 0.3) is 6.08 Å². The second-order valence-electron chi connectivity index (χ2n) is 5.24. The quantitative estimate of drug-likeness (QED) is 0.485. The van der Waals surface area contributed by atoms with Gasteiger partial charge in [-0.25, -0.2) is 0 Å². The lowest BCUT2D eigenvalue weighted by Crippen LogP contribution is -2.55. The smallest absolute Gasteiger partial charge is 0.265 e. The van der Waals surface area contributed by atoms with Gasteiger partial charge < -0.3 is 0 Å². The van der Waals surface area contributed by atoms with Crippen LogP contribution in [0.1, 0.15) is 26.3 Å². The van der Waals surface area contributed by atoms with Crippen LogP contribution in [0.5, 0.6) is 0 Å². The number of carbonyl (C=O) groups excluding carboxylic acids is 2. The molecule has 0 atom stereocenters. The van der Waals surface area contributed by atoms with Crippen molar-refractivity contribution in [3.63, 3.8) is 0 Å². The van der Waals surface area contributed by atoms with Gasteiger partial charge in [-0.2, -0.15) is 0 Å². The van der Waals surface area contributed by atoms with Crippen LogP contribution in [0.4, 0.5) is 0 Å². The van der Waals surface area contributed by atoms with Gasteiger partial charge in [0.1, 0.15) is 5.57 Å². The molecule has 5 heteroatoms. The van der Waals surface area contributed by atoms with Gasteiger partial charge in [-0.3, -0.25) is 19.4 Å². The molecule has 1 aliphatic rings. The molecule has 2 rings (SSSR count). The molecule has 0 saturated carbocycles. The van der Waals surface area contributed by atoms with Crippen LogP contribution in [0.15, 0.2) is 47.6 Å². The molecule has 0 bridgehead atoms. The van der Waals surface area contributed by atoms with Crippen LogP contribution in [-0.2, 0) is 9.59 Å². The fourth-order valence-electron chi connectivity index (χ4n) is 2.46. The molecule has 0 spiro atoms. The number of likely N-dealkylation sites (N-methyl/N-ethyl adjacent to an activating group) is 2. The summed E-state index contributed by atoms with van der Waals surface area (Å²) in [7, 11) is 0. The first-order chi connectivity index (χ1) is 11.0. The summed E-state index contributed by atoms with van der Waals surface area (Å²) in [5.74, 6) is -0.652. The molecule has 120 valence electrons. The molecule has 23 heavy (non-hydrogen) atoms. The van der Waals surface area contributed by atoms with Crippen molar-refractivity contribution in [3.8, 4) is 0 Å². The van der Waals surface area contributed by atoms with Gasteiger partial charge in [0.05, 0.1) is 0 Å². The number of amides is 2. The van der Waals surface area contributed by atoms with Gasteiger partial charge >= 0.3 is 0 Å². The number of nitrogens with zero attached hydrogens (tertiary/aromatic N) is 2. The second-order valence-corrected chi connectivity index (χ2v) is 5.60. The van der Waals surface area contributed by atoms with Crippen LogP contribution in [-0.4, -0.2) is 39.8 Å². The Bertz CT molecular complexity index is 664. The zero-order valence-electron chi connectivity index (χ0n) is 13.6. The van der Waals surface area contributed by atoms with E-state index in [9.17, 15) is 9.59 Å². The summed E-state index contributed by atoms with van der Waals surface area (Å²) in [4.78, 5) is 28.0. The third-order valence-electron chi connectivity index (χ3n) is 3.61. The van der Waals surface area contributed by atoms with E-state index >= 15 is 0 Å². The molecule has 1 fully saturated rings. The standard InChI is InChI=1S/C18H20N2O2S/c1-4-19-16(21)15(17(22)20(5-2)18(19)23)12-13(3)11-14-9-7-6-8-10-14/h6-12H,4-5H2,1-3H3. The summed E-state index contributed by atoms with van der Waals surface area (Å²) in [5, 5.41) is 0.284. The first-order valence-electron chi connectivity index (χ1n) is 7.62. The normalized spacial score (nSPS) is 16.2. The molecule has 1 aliphatic heterocycles. The fraction of sp³-hybridized carbons (Fsp3) is 0.278. The van der Waals surface area contributed by atoms with Crippen molar-refractivity contribution >= 4 is 35.2 Å². The maximum absolute atomic E-state index is 12.5. The van der Waals surface area contributed by atoms with Crippen molar-refractivity contribution in [1.82, 2.24) is 9.80 Å². The topological polar surface area (TPSA) is 40.6 Å². The maximum Gasteiger partial charge on any atom is 0.265 e. The lowest BCUT2D eigenvalue weighted by atomic mass is 10.1. The van der Waals surface area contributed by atoms with Crippen LogP contribution in [0.3, 0.4) is 0 Å². The monoisotopic (exact) mass is 328 g/mol. The molecule has 0 aliphatic carbocycles. The first-order valence-corrected chi connectivity index (χ1v) is 8.03. The maximum atomic E-state index is 12.5. The van der Waals surface area contributed by atoms with E-state index in [4.69, 9.17) is 12.2 Å². The van der Waals surface area contributed by atoms with E-state index in [0.717, 1.165) is 11.1 Å². The van der Waals surface area contributed by atoms with E-state index < -0.39 is 0 Å². The Labute approximate surface area is 142 Å². The van der Waals surface area contributed by atoms with Gasteiger partial charge in [-0.05, 0) is 50.2 Å². The summed E-state index contributed by atoms with van der Waals surface area (Å²) in [6, 6.07) is 9.77. The van der Waals surface area contributed by atoms with Gasteiger partial charge in [0.2, 0.25) is 0 Å². The van der Waals surface area contributed by atoms with Crippen LogP contribution < -0.4 is 0 Å². The summed E-state index contributed by atoms with van der Waals surface area (Å²) >= 11 is 5.24. The Hall–Kier alpha value is -2.27. The Kier molecular flexibility index (Phi) is 5.45. The number of benzene rings is 1. The van der Waals surface area contributed by atoms with E-state index in [-0.39, 0.29) is 22.5 Å². The van der Waals surface area contributed by atoms with Gasteiger partial charge in [-0.15, -0.1) is 0 Å². The van der Waals surface area contributed by atoms with Gasteiger partial charge in [0.15, 0.2) is 5.11 Å². The number of carbonyl (C=O) groups is 2. The Morgan fingerprint density at radius 1 is 1.04 bits per heavy atom. The highest BCUT2D eigenvalue weighted by molar-refractivity contribution is 7.80. The minimum Gasteiger partial charge on any atom is -0.285 e. The average Bonchev–Trinajstić information content (AvgIpc) is 2.53. The Morgan fingerprint density at radius 2 is 1.57 bits per heavy atom. The van der Waals surface area contributed by atoms with Crippen molar-refractivity contribution < 1.29 is 9.59 Å². The number of rotatable bonds is 4. The minimum absolute atomic E-state index is 0.159. The van der Waals surface area contributed by atoms with Crippen LogP contribution >= 0.6 is 12.2 Å². The van der Waals surface area contributed by atoms with Crippen molar-refractivity contribution in [2.24, 2.45) is 0 Å². The van der Waals surface area contributed by atoms with E-state index in [0.29, 0.717) is 13.1 Å². The summed E-state index contributed by atoms with van der Waals surface area (Å²) < 4.78 is 0. The van der Waals surface area contributed by atoms with E-state index in [1.807, 2.05) is 57.2 Å². The zero-order valence-corrected chi connectivity index (χ0v) is 14.4. The molecule has 0 N–H and O–H groups in total. The van der Waals surface area contributed by atoms with Crippen molar-refractivity contribution in [1.29, 1.82) is 0 Å². The van der Waals surface area contributed by atoms with Crippen LogP contribution in [0.2, 0.25) is 0 Å². The highest BCUT2D eigenvalue weighted by atomic mass is 32.1. The molecule has 0 radical (unpaired) electrons. The molecule has 4 nitrogen and oxygen atoms in total. The Morgan fingerprint density at radius 3 is 2.04 bits per heavy atom. The number of hydrogen-bond acceptors (Lipinski definition) is 3. The zero-order chi connectivity index (χ0) is 17.0. The average molecular weight is 328 g/mol. The molecule has 1 heterocycles. The van der Waals surface area contributed by atoms with Crippen LogP contribution in [0, 0.1) is 0 Å². The summed E-state index contributed by atoms with van der Waals surface area (Å²) in [6.45, 7) is 6.46. The molecular formula is C18H20N2O2S. The molecule has 2 amide bonds. The van der Waals surface area contributed by atoms with Crippen molar-refractivity contribution in [2.75, 3.05) is 13.1 Å². The third kappa shape index (κ3) is 3.56. The van der Waals surface area contributed by atoms with Gasteiger partial charge in [0.25, 0.3) is 11.8 Å². The number of hydrogen-bond donors (Lipinski definition) is 0. The molecular weight excluding hydrogens is 308 g/mol. The first kappa shape index (κ1) is 17.1. The summed E-state index contributed by atoms with van der Waals surface area (Å²) in [5.41, 5.74) is 2.02. The Balaban J connectivity index is 2.39. The number of allylic oxidation sites excluding steroid dienone is 2. The molecule has 0 aromatic heterocycles. The summed E-state index contributed by atoms with van der Waals surface area (Å²) in [6.07, 6.45) is 3.58. The van der Waals surface area contributed by atoms with Gasteiger partial charge in [-0.1, -0.05) is 36.4 Å². The van der Waals surface area contributed by atoms with E-state index in [1.165, 1.54) is 9.80 Å². The fourth-order valence-corrected chi connectivity index (χ4v) is 2.89. The minimum atomic E-state index is -0.326. The van der Waals surface area contributed by atoms with Gasteiger partial charge in [0, 0.05) is 13.1 Å². The van der Waals surface area contributed by atoms with E-state index in [1.54, 1.807) is 6.08 Å². The molecule has 1 saturated heterocycles. The number of thiocarbonyl (C=S) groups is 1. The van der Waals surface area contributed by atoms with Crippen molar-refractivity contribution in [2.45, 2.75) is 20.8 Å². The lowest BCUT2D eigenvalue weighted by molar-refractivity contribution is -0.133. The van der Waals surface area contributed by atoms with E-state index in [2.05, 4.69) is 0 Å². The van der Waals surface area contributed by atoms with Crippen molar-refractivity contribution in [3.05, 3.63) is 53.1 Å². The third-order valence-corrected chi connectivity index (χ3v) is 4.05. The second kappa shape index (κ2) is 7.33. The highest BCUT2D eigenvalue weighted by Gasteiger charge is 2.37. The highest BCUT2D eigenvalue weighted by Crippen LogP contribution is 2.19. The molecule has 1 aromatic rings.